The first-order valence-corrected chi connectivity index (χ1v) is 5.22. The van der Waals surface area contributed by atoms with Crippen LogP contribution in [0.2, 0.25) is 0 Å². The average molecular weight is 151 g/mol. The van der Waals surface area contributed by atoms with Gasteiger partial charge in [0, 0.05) is 0 Å². The minimum atomic E-state index is 0.283. The van der Waals surface area contributed by atoms with E-state index in [0.29, 0.717) is 0 Å². The topological polar surface area (TPSA) is 0 Å². The molecule has 0 atom stereocenters. The molecule has 1 aromatic carbocycles. The average Bonchev–Trinajstić information content (AvgIpc) is 1.88. The van der Waals surface area contributed by atoms with Crippen molar-refractivity contribution >= 4 is 15.9 Å². The van der Waals surface area contributed by atoms with E-state index in [0.717, 1.165) is 0 Å². The first kappa shape index (κ1) is 7.55. The van der Waals surface area contributed by atoms with Gasteiger partial charge in [0.25, 0.3) is 0 Å². The first-order valence-electron chi connectivity index (χ1n) is 3.18. The van der Waals surface area contributed by atoms with Gasteiger partial charge in [0.05, 0.1) is 0 Å². The summed E-state index contributed by atoms with van der Waals surface area (Å²) in [6.07, 6.45) is 4.32. The van der Waals surface area contributed by atoms with Crippen LogP contribution in [0.1, 0.15) is 5.56 Å². The van der Waals surface area contributed by atoms with Crippen molar-refractivity contribution in [3.63, 3.8) is 0 Å². The van der Waals surface area contributed by atoms with Gasteiger partial charge in [-0.2, -0.15) is 17.7 Å². The lowest BCUT2D eigenvalue weighted by Gasteiger charge is -2.02. The predicted molar refractivity (Wildman–Crippen MR) is 50.0 cm³/mol. The van der Waals surface area contributed by atoms with E-state index >= 15 is 0 Å². The van der Waals surface area contributed by atoms with Crippen molar-refractivity contribution in [2.45, 2.75) is 0 Å². The quantitative estimate of drug-likeness (QED) is 0.426. The monoisotopic (exact) mass is 151 g/mol. The Morgan fingerprint density at radius 3 is 2.20 bits per heavy atom. The smallest absolute Gasteiger partial charge is 0.0350 e. The second kappa shape index (κ2) is 3.57. The molecule has 0 saturated heterocycles. The molecule has 0 aliphatic carbocycles. The molecule has 0 spiro atoms. The molecule has 10 heavy (non-hydrogen) atoms. The standard InChI is InChI=1S/C9H11S/c1-10(2)8-9-6-4-3-5-7-9/h3-7H,1-2H3/q-1. The molecule has 1 rings (SSSR count). The number of benzene rings is 1. The lowest BCUT2D eigenvalue weighted by molar-refractivity contribution is 1.69. The van der Waals surface area contributed by atoms with Crippen LogP contribution in [0.5, 0.6) is 0 Å². The van der Waals surface area contributed by atoms with Crippen LogP contribution in [0.25, 0.3) is 0 Å². The zero-order valence-electron chi connectivity index (χ0n) is 6.29. The molecule has 0 saturated carbocycles. The van der Waals surface area contributed by atoms with Crippen molar-refractivity contribution in [3.05, 3.63) is 35.9 Å². The highest BCUT2D eigenvalue weighted by Gasteiger charge is 1.71. The maximum absolute atomic E-state index is 3.33. The van der Waals surface area contributed by atoms with Gasteiger partial charge in [0.1, 0.15) is 0 Å². The summed E-state index contributed by atoms with van der Waals surface area (Å²) in [6, 6.07) is 10.2. The third kappa shape index (κ3) is 2.36. The molecular formula is C9H11S-. The van der Waals surface area contributed by atoms with Crippen LogP contribution in [0.4, 0.5) is 0 Å². The second-order valence-electron chi connectivity index (χ2n) is 2.28. The van der Waals surface area contributed by atoms with Crippen molar-refractivity contribution in [2.24, 2.45) is 0 Å². The van der Waals surface area contributed by atoms with Gasteiger partial charge in [-0.15, -0.1) is 17.5 Å². The maximum Gasteiger partial charge on any atom is -0.0350 e. The Hall–Kier alpha value is -0.560. The van der Waals surface area contributed by atoms with Gasteiger partial charge in [0.2, 0.25) is 0 Å². The van der Waals surface area contributed by atoms with E-state index in [1.165, 1.54) is 5.56 Å². The Kier molecular flexibility index (Phi) is 2.69. The molecule has 0 aliphatic rings. The molecule has 0 radical (unpaired) electrons. The highest BCUT2D eigenvalue weighted by molar-refractivity contribution is 8.14. The zero-order chi connectivity index (χ0) is 7.40. The highest BCUT2D eigenvalue weighted by Crippen LogP contribution is 2.02. The van der Waals surface area contributed by atoms with Crippen LogP contribution in [0.15, 0.2) is 30.3 Å². The van der Waals surface area contributed by atoms with Crippen LogP contribution in [0, 0.1) is 0 Å². The summed E-state index contributed by atoms with van der Waals surface area (Å²) in [5.41, 5.74) is 1.20. The molecule has 1 heteroatoms. The van der Waals surface area contributed by atoms with Crippen LogP contribution in [-0.2, 0) is 0 Å². The third-order valence-electron chi connectivity index (χ3n) is 1.10. The summed E-state index contributed by atoms with van der Waals surface area (Å²) < 4.78 is 0. The summed E-state index contributed by atoms with van der Waals surface area (Å²) in [7, 11) is 0.283. The molecule has 0 nitrogen and oxygen atoms in total. The molecule has 54 valence electrons. The van der Waals surface area contributed by atoms with Crippen LogP contribution < -0.4 is 0 Å². The lowest BCUT2D eigenvalue weighted by atomic mass is 10.2. The Balaban J connectivity index is 2.87. The minimum Gasteiger partial charge on any atom is -0.253 e. The van der Waals surface area contributed by atoms with Gasteiger partial charge >= 0.3 is 0 Å². The maximum atomic E-state index is 3.33. The summed E-state index contributed by atoms with van der Waals surface area (Å²) >= 11 is 0. The van der Waals surface area contributed by atoms with Crippen molar-refractivity contribution < 1.29 is 0 Å². The van der Waals surface area contributed by atoms with Crippen molar-refractivity contribution in [3.8, 4) is 0 Å². The molecule has 0 N–H and O–H groups in total. The first-order chi connectivity index (χ1) is 4.79. The van der Waals surface area contributed by atoms with Crippen LogP contribution in [0.3, 0.4) is 0 Å². The predicted octanol–water partition coefficient (Wildman–Crippen LogP) is 2.24. The fraction of sp³-hybridized carbons (Fsp3) is 0.222. The van der Waals surface area contributed by atoms with Crippen molar-refractivity contribution in [2.75, 3.05) is 12.5 Å². The lowest BCUT2D eigenvalue weighted by Crippen LogP contribution is -1.77. The number of hydrogen-bond acceptors (Lipinski definition) is 0. The second-order valence-corrected chi connectivity index (χ2v) is 4.12. The Labute approximate surface area is 64.8 Å². The van der Waals surface area contributed by atoms with Gasteiger partial charge in [-0.25, -0.2) is 0 Å². The van der Waals surface area contributed by atoms with E-state index in [1.807, 2.05) is 18.2 Å². The molecule has 0 fully saturated rings. The van der Waals surface area contributed by atoms with E-state index in [-0.39, 0.29) is 10.5 Å². The van der Waals surface area contributed by atoms with Gasteiger partial charge in [0.15, 0.2) is 0 Å². The fourth-order valence-electron chi connectivity index (χ4n) is 0.742. The van der Waals surface area contributed by atoms with Crippen molar-refractivity contribution in [1.82, 2.24) is 0 Å². The van der Waals surface area contributed by atoms with E-state index in [2.05, 4.69) is 30.0 Å². The molecule has 0 amide bonds. The fourth-order valence-corrected chi connectivity index (χ4v) is 1.35. The van der Waals surface area contributed by atoms with Crippen molar-refractivity contribution in [1.29, 1.82) is 0 Å². The molecule has 0 aliphatic heterocycles. The SMILES string of the molecule is CS(C)=[C-]c1ccccc1. The Morgan fingerprint density at radius 2 is 1.70 bits per heavy atom. The molecule has 1 aromatic rings. The molecule has 0 unspecified atom stereocenters. The van der Waals surface area contributed by atoms with E-state index in [1.54, 1.807) is 0 Å². The summed E-state index contributed by atoms with van der Waals surface area (Å²) in [5.74, 6) is 0. The normalized spacial score (nSPS) is 9.90. The largest absolute Gasteiger partial charge is 0.253 e. The van der Waals surface area contributed by atoms with Gasteiger partial charge in [-0.3, -0.25) is 10.5 Å². The summed E-state index contributed by atoms with van der Waals surface area (Å²) in [6.45, 7) is 0. The number of hydrogen-bond donors (Lipinski definition) is 0. The van der Waals surface area contributed by atoms with E-state index in [4.69, 9.17) is 0 Å². The molecule has 0 aromatic heterocycles. The molecular weight excluding hydrogens is 140 g/mol. The number of rotatable bonds is 1. The summed E-state index contributed by atoms with van der Waals surface area (Å²) in [5, 5.41) is 3.33. The van der Waals surface area contributed by atoms with Gasteiger partial charge < -0.3 is 0 Å². The minimum absolute atomic E-state index is 0.283. The molecule has 0 heterocycles. The summed E-state index contributed by atoms with van der Waals surface area (Å²) in [4.78, 5) is 0. The Bertz CT molecular complexity index is 220. The van der Waals surface area contributed by atoms with Gasteiger partial charge in [-0.1, -0.05) is 6.07 Å². The zero-order valence-corrected chi connectivity index (χ0v) is 7.11. The van der Waals surface area contributed by atoms with E-state index < -0.39 is 0 Å². The highest BCUT2D eigenvalue weighted by atomic mass is 32.2. The van der Waals surface area contributed by atoms with E-state index in [9.17, 15) is 0 Å². The van der Waals surface area contributed by atoms with Crippen LogP contribution in [-0.4, -0.2) is 17.9 Å². The molecule has 0 bridgehead atoms. The van der Waals surface area contributed by atoms with Gasteiger partial charge in [-0.05, 0) is 12.5 Å². The van der Waals surface area contributed by atoms with Crippen LogP contribution >= 0.6 is 10.5 Å². The Morgan fingerprint density at radius 1 is 1.10 bits per heavy atom. The third-order valence-corrected chi connectivity index (χ3v) is 1.74.